The Morgan fingerprint density at radius 2 is 2.14 bits per heavy atom. The van der Waals surface area contributed by atoms with E-state index in [4.69, 9.17) is 4.74 Å². The number of ether oxygens (including phenoxy) is 1. The van der Waals surface area contributed by atoms with Crippen molar-refractivity contribution in [2.75, 3.05) is 6.61 Å². The molecule has 1 saturated carbocycles. The predicted molar refractivity (Wildman–Crippen MR) is 78.2 cm³/mol. The van der Waals surface area contributed by atoms with Crippen LogP contribution in [0.25, 0.3) is 0 Å². The van der Waals surface area contributed by atoms with Gasteiger partial charge >= 0.3 is 0 Å². The number of rotatable bonds is 6. The molecule has 1 N–H and O–H groups in total. The summed E-state index contributed by atoms with van der Waals surface area (Å²) in [5, 5.41) is 2.89. The second-order valence-electron chi connectivity index (χ2n) is 6.22. The molecule has 3 nitrogen and oxygen atoms in total. The molecule has 1 aromatic carbocycles. The Bertz CT molecular complexity index is 539. The van der Waals surface area contributed by atoms with Gasteiger partial charge in [0, 0.05) is 18.6 Å². The number of nitrogens with one attached hydrogen (secondary N) is 1. The van der Waals surface area contributed by atoms with E-state index in [1.807, 2.05) is 0 Å². The average Bonchev–Trinajstić information content (AvgIpc) is 3.21. The van der Waals surface area contributed by atoms with Gasteiger partial charge in [-0.05, 0) is 56.2 Å². The van der Waals surface area contributed by atoms with Crippen LogP contribution in [0.5, 0.6) is 0 Å². The number of benzene rings is 1. The van der Waals surface area contributed by atoms with Crippen LogP contribution < -0.4 is 5.32 Å². The fourth-order valence-corrected chi connectivity index (χ4v) is 3.04. The molecule has 1 heterocycles. The van der Waals surface area contributed by atoms with E-state index in [0.717, 1.165) is 44.4 Å². The van der Waals surface area contributed by atoms with E-state index in [1.54, 1.807) is 0 Å². The predicted octanol–water partition coefficient (Wildman–Crippen LogP) is 3.49. The molecule has 1 saturated heterocycles. The van der Waals surface area contributed by atoms with Crippen molar-refractivity contribution in [1.82, 2.24) is 5.32 Å². The molecule has 0 spiro atoms. The normalized spacial score (nSPS) is 22.5. The smallest absolute Gasteiger partial charge is 0.220 e. The largest absolute Gasteiger partial charge is 0.378 e. The van der Waals surface area contributed by atoms with Gasteiger partial charge in [0.05, 0.1) is 12.1 Å². The summed E-state index contributed by atoms with van der Waals surface area (Å²) in [7, 11) is 0. The summed E-state index contributed by atoms with van der Waals surface area (Å²) >= 11 is 0. The van der Waals surface area contributed by atoms with Crippen molar-refractivity contribution in [3.8, 4) is 0 Å². The maximum atomic E-state index is 14.0. The SMILES string of the molecule is O=C(CC[C@@H]1CCCO1)N[C@H](c1cc(F)ccc1F)C1CC1. The maximum Gasteiger partial charge on any atom is 0.220 e. The van der Waals surface area contributed by atoms with Crippen LogP contribution in [0.1, 0.15) is 50.1 Å². The van der Waals surface area contributed by atoms with Gasteiger partial charge in [0.1, 0.15) is 11.6 Å². The van der Waals surface area contributed by atoms with Crippen LogP contribution in [0.3, 0.4) is 0 Å². The summed E-state index contributed by atoms with van der Waals surface area (Å²) in [6, 6.07) is 2.99. The molecule has 22 heavy (non-hydrogen) atoms. The third kappa shape index (κ3) is 3.83. The fourth-order valence-electron chi connectivity index (χ4n) is 3.04. The van der Waals surface area contributed by atoms with Crippen LogP contribution in [0.15, 0.2) is 18.2 Å². The molecule has 120 valence electrons. The highest BCUT2D eigenvalue weighted by Crippen LogP contribution is 2.42. The first-order valence-electron chi connectivity index (χ1n) is 7.99. The summed E-state index contributed by atoms with van der Waals surface area (Å²) in [4.78, 5) is 12.1. The third-order valence-electron chi connectivity index (χ3n) is 4.42. The first-order chi connectivity index (χ1) is 10.6. The molecular formula is C17H21F2NO2. The lowest BCUT2D eigenvalue weighted by atomic mass is 10.0. The minimum atomic E-state index is -0.476. The van der Waals surface area contributed by atoms with E-state index in [2.05, 4.69) is 5.32 Å². The minimum absolute atomic E-state index is 0.115. The van der Waals surface area contributed by atoms with E-state index in [-0.39, 0.29) is 23.5 Å². The monoisotopic (exact) mass is 309 g/mol. The van der Waals surface area contributed by atoms with Gasteiger partial charge in [-0.1, -0.05) is 0 Å². The van der Waals surface area contributed by atoms with Crippen LogP contribution in [0, 0.1) is 17.6 Å². The molecule has 1 amide bonds. The maximum absolute atomic E-state index is 14.0. The van der Waals surface area contributed by atoms with Crippen LogP contribution in [-0.4, -0.2) is 18.6 Å². The third-order valence-corrected chi connectivity index (χ3v) is 4.42. The van der Waals surface area contributed by atoms with E-state index < -0.39 is 17.7 Å². The van der Waals surface area contributed by atoms with Crippen molar-refractivity contribution >= 4 is 5.91 Å². The lowest BCUT2D eigenvalue weighted by molar-refractivity contribution is -0.122. The number of halogens is 2. The summed E-state index contributed by atoms with van der Waals surface area (Å²) in [6.45, 7) is 0.769. The van der Waals surface area contributed by atoms with Crippen LogP contribution >= 0.6 is 0 Å². The Labute approximate surface area is 129 Å². The standard InChI is InChI=1S/C17H21F2NO2/c18-12-5-7-15(19)14(10-12)17(11-3-4-11)20-16(21)8-6-13-2-1-9-22-13/h5,7,10-11,13,17H,1-4,6,8-9H2,(H,20,21)/t13-,17-/m0/s1. The van der Waals surface area contributed by atoms with E-state index in [0.29, 0.717) is 12.8 Å². The van der Waals surface area contributed by atoms with E-state index in [9.17, 15) is 13.6 Å². The highest BCUT2D eigenvalue weighted by atomic mass is 19.1. The Kier molecular flexibility index (Phi) is 4.71. The topological polar surface area (TPSA) is 38.3 Å². The second kappa shape index (κ2) is 6.73. The van der Waals surface area contributed by atoms with Crippen LogP contribution in [-0.2, 0) is 9.53 Å². The summed E-state index contributed by atoms with van der Waals surface area (Å²) in [5.41, 5.74) is 0.257. The Hall–Kier alpha value is -1.49. The van der Waals surface area contributed by atoms with Crippen molar-refractivity contribution in [2.45, 2.75) is 50.7 Å². The molecule has 2 atom stereocenters. The van der Waals surface area contributed by atoms with Gasteiger partial charge in [0.15, 0.2) is 0 Å². The van der Waals surface area contributed by atoms with E-state index in [1.165, 1.54) is 6.07 Å². The Balaban J connectivity index is 1.61. The number of hydrogen-bond acceptors (Lipinski definition) is 2. The number of amides is 1. The molecule has 5 heteroatoms. The molecule has 0 unspecified atom stereocenters. The quantitative estimate of drug-likeness (QED) is 0.873. The summed E-state index contributed by atoms with van der Waals surface area (Å²) in [5.74, 6) is -0.840. The van der Waals surface area contributed by atoms with Gasteiger partial charge in [-0.3, -0.25) is 4.79 Å². The van der Waals surface area contributed by atoms with Gasteiger partial charge in [-0.2, -0.15) is 0 Å². The molecule has 1 aromatic rings. The van der Waals surface area contributed by atoms with Crippen molar-refractivity contribution in [3.63, 3.8) is 0 Å². The first kappa shape index (κ1) is 15.4. The van der Waals surface area contributed by atoms with Crippen molar-refractivity contribution in [1.29, 1.82) is 0 Å². The number of carbonyl (C=O) groups excluding carboxylic acids is 1. The Morgan fingerprint density at radius 3 is 2.82 bits per heavy atom. The fraction of sp³-hybridized carbons (Fsp3) is 0.588. The van der Waals surface area contributed by atoms with Gasteiger partial charge in [0.25, 0.3) is 0 Å². The number of carbonyl (C=O) groups is 1. The average molecular weight is 309 g/mol. The zero-order valence-corrected chi connectivity index (χ0v) is 12.5. The molecule has 0 aromatic heterocycles. The second-order valence-corrected chi connectivity index (χ2v) is 6.22. The zero-order chi connectivity index (χ0) is 15.5. The molecule has 0 radical (unpaired) electrons. The first-order valence-corrected chi connectivity index (χ1v) is 7.99. The summed E-state index contributed by atoms with van der Waals surface area (Å²) < 4.78 is 32.8. The van der Waals surface area contributed by atoms with Gasteiger partial charge in [0.2, 0.25) is 5.91 Å². The van der Waals surface area contributed by atoms with Gasteiger partial charge in [-0.15, -0.1) is 0 Å². The molecule has 1 aliphatic carbocycles. The molecular weight excluding hydrogens is 288 g/mol. The highest BCUT2D eigenvalue weighted by molar-refractivity contribution is 5.76. The van der Waals surface area contributed by atoms with Crippen LogP contribution in [0.4, 0.5) is 8.78 Å². The number of hydrogen-bond donors (Lipinski definition) is 1. The van der Waals surface area contributed by atoms with Crippen LogP contribution in [0.2, 0.25) is 0 Å². The summed E-state index contributed by atoms with van der Waals surface area (Å²) in [6.07, 6.45) is 5.14. The molecule has 1 aliphatic heterocycles. The zero-order valence-electron chi connectivity index (χ0n) is 12.5. The van der Waals surface area contributed by atoms with Crippen molar-refractivity contribution in [3.05, 3.63) is 35.4 Å². The van der Waals surface area contributed by atoms with Crippen molar-refractivity contribution < 1.29 is 18.3 Å². The van der Waals surface area contributed by atoms with Crippen molar-refractivity contribution in [2.24, 2.45) is 5.92 Å². The lowest BCUT2D eigenvalue weighted by Gasteiger charge is -2.20. The molecule has 2 fully saturated rings. The molecule has 3 rings (SSSR count). The molecule has 0 bridgehead atoms. The van der Waals surface area contributed by atoms with Gasteiger partial charge in [-0.25, -0.2) is 8.78 Å². The lowest BCUT2D eigenvalue weighted by Crippen LogP contribution is -2.31. The van der Waals surface area contributed by atoms with E-state index >= 15 is 0 Å². The Morgan fingerprint density at radius 1 is 1.32 bits per heavy atom. The van der Waals surface area contributed by atoms with Gasteiger partial charge < -0.3 is 10.1 Å². The molecule has 2 aliphatic rings. The minimum Gasteiger partial charge on any atom is -0.378 e. The highest BCUT2D eigenvalue weighted by Gasteiger charge is 2.35.